The van der Waals surface area contributed by atoms with E-state index in [9.17, 15) is 4.79 Å². The van der Waals surface area contributed by atoms with Crippen LogP contribution in [-0.2, 0) is 14.1 Å². The molecule has 3 heteroatoms. The van der Waals surface area contributed by atoms with Crippen LogP contribution in [0.15, 0.2) is 36.7 Å². The fraction of sp³-hybridized carbons (Fsp3) is 0.200. The number of Topliss-reactive ketones (excluding diaryl/α,β-unsaturated/α-hetero) is 1. The van der Waals surface area contributed by atoms with E-state index in [2.05, 4.69) is 0 Å². The molecule has 0 radical (unpaired) electrons. The maximum Gasteiger partial charge on any atom is 0.176 e. The summed E-state index contributed by atoms with van der Waals surface area (Å²) < 4.78 is 3.90. The van der Waals surface area contributed by atoms with Gasteiger partial charge in [0.25, 0.3) is 0 Å². The van der Waals surface area contributed by atoms with E-state index in [1.165, 1.54) is 0 Å². The standard InChI is InChI=1S/C15H17N2O/c1-12(18)15-7-6-14(17(15)3)5-4-13-8-10-16(2)11-9-13/h4-11H,1-3H3/q+1. The van der Waals surface area contributed by atoms with Gasteiger partial charge in [-0.3, -0.25) is 4.79 Å². The zero-order valence-corrected chi connectivity index (χ0v) is 10.9. The molecular formula is C15H17N2O+. The van der Waals surface area contributed by atoms with Gasteiger partial charge in [-0.1, -0.05) is 6.08 Å². The summed E-state index contributed by atoms with van der Waals surface area (Å²) in [6, 6.07) is 7.90. The molecule has 0 aliphatic heterocycles. The predicted octanol–water partition coefficient (Wildman–Crippen LogP) is 2.22. The largest absolute Gasteiger partial charge is 0.342 e. The lowest BCUT2D eigenvalue weighted by molar-refractivity contribution is -0.671. The molecule has 92 valence electrons. The Bertz CT molecular complexity index is 591. The van der Waals surface area contributed by atoms with Crippen molar-refractivity contribution in [3.63, 3.8) is 0 Å². The average Bonchev–Trinajstić information content (AvgIpc) is 2.70. The molecule has 0 atom stereocenters. The van der Waals surface area contributed by atoms with Gasteiger partial charge in [-0.05, 0) is 23.8 Å². The van der Waals surface area contributed by atoms with Crippen molar-refractivity contribution in [3.8, 4) is 0 Å². The Morgan fingerprint density at radius 3 is 2.39 bits per heavy atom. The molecule has 0 aromatic carbocycles. The van der Waals surface area contributed by atoms with Crippen LogP contribution in [0.3, 0.4) is 0 Å². The summed E-state index contributed by atoms with van der Waals surface area (Å²) in [6.45, 7) is 1.58. The van der Waals surface area contributed by atoms with Crippen LogP contribution in [0.2, 0.25) is 0 Å². The summed E-state index contributed by atoms with van der Waals surface area (Å²) in [6.07, 6.45) is 8.07. The second-order valence-electron chi connectivity index (χ2n) is 4.39. The molecular weight excluding hydrogens is 224 g/mol. The lowest BCUT2D eigenvalue weighted by Crippen LogP contribution is -2.25. The maximum atomic E-state index is 11.3. The number of nitrogens with zero attached hydrogens (tertiary/aromatic N) is 2. The quantitative estimate of drug-likeness (QED) is 0.597. The van der Waals surface area contributed by atoms with Crippen LogP contribution in [0, 0.1) is 0 Å². The van der Waals surface area contributed by atoms with E-state index in [0.29, 0.717) is 0 Å². The second-order valence-corrected chi connectivity index (χ2v) is 4.39. The predicted molar refractivity (Wildman–Crippen MR) is 72.0 cm³/mol. The first-order valence-corrected chi connectivity index (χ1v) is 5.88. The van der Waals surface area contributed by atoms with Crippen LogP contribution in [0.4, 0.5) is 0 Å². The SMILES string of the molecule is CC(=O)c1ccc(/C=C/c2cc[n+](C)cc2)n1C. The van der Waals surface area contributed by atoms with Gasteiger partial charge in [0, 0.05) is 31.8 Å². The van der Waals surface area contributed by atoms with Crippen molar-refractivity contribution in [2.45, 2.75) is 6.92 Å². The molecule has 0 saturated carbocycles. The monoisotopic (exact) mass is 241 g/mol. The number of hydrogen-bond donors (Lipinski definition) is 0. The number of pyridine rings is 1. The number of aryl methyl sites for hydroxylation is 1. The Labute approximate surface area is 107 Å². The van der Waals surface area contributed by atoms with Gasteiger partial charge in [0.15, 0.2) is 18.2 Å². The topological polar surface area (TPSA) is 25.9 Å². The number of carbonyl (C=O) groups is 1. The third kappa shape index (κ3) is 2.56. The van der Waals surface area contributed by atoms with E-state index in [-0.39, 0.29) is 5.78 Å². The third-order valence-corrected chi connectivity index (χ3v) is 2.97. The molecule has 0 saturated heterocycles. The summed E-state index contributed by atoms with van der Waals surface area (Å²) in [4.78, 5) is 11.3. The second kappa shape index (κ2) is 5.00. The minimum absolute atomic E-state index is 0.0869. The summed E-state index contributed by atoms with van der Waals surface area (Å²) in [5.74, 6) is 0.0869. The Kier molecular flexibility index (Phi) is 3.42. The van der Waals surface area contributed by atoms with Gasteiger partial charge in [-0.2, -0.15) is 0 Å². The smallest absolute Gasteiger partial charge is 0.176 e. The molecule has 3 nitrogen and oxygen atoms in total. The Morgan fingerprint density at radius 2 is 1.83 bits per heavy atom. The fourth-order valence-corrected chi connectivity index (χ4v) is 1.85. The Hall–Kier alpha value is -2.16. The summed E-state index contributed by atoms with van der Waals surface area (Å²) in [7, 11) is 3.89. The molecule has 0 aliphatic rings. The van der Waals surface area contributed by atoms with E-state index in [1.54, 1.807) is 6.92 Å². The Balaban J connectivity index is 2.24. The average molecular weight is 241 g/mol. The van der Waals surface area contributed by atoms with Crippen LogP contribution in [0.1, 0.15) is 28.7 Å². The van der Waals surface area contributed by atoms with Crippen molar-refractivity contribution in [2.75, 3.05) is 0 Å². The number of carbonyl (C=O) groups excluding carboxylic acids is 1. The molecule has 0 aliphatic carbocycles. The highest BCUT2D eigenvalue weighted by atomic mass is 16.1. The van der Waals surface area contributed by atoms with Gasteiger partial charge in [0.2, 0.25) is 0 Å². The van der Waals surface area contributed by atoms with Crippen LogP contribution in [0.5, 0.6) is 0 Å². The van der Waals surface area contributed by atoms with Gasteiger partial charge in [0.05, 0.1) is 5.69 Å². The van der Waals surface area contributed by atoms with Gasteiger partial charge in [-0.25, -0.2) is 4.57 Å². The van der Waals surface area contributed by atoms with Crippen molar-refractivity contribution in [1.29, 1.82) is 0 Å². The van der Waals surface area contributed by atoms with E-state index < -0.39 is 0 Å². The Morgan fingerprint density at radius 1 is 1.17 bits per heavy atom. The summed E-state index contributed by atoms with van der Waals surface area (Å²) in [5.41, 5.74) is 2.89. The first kappa shape index (κ1) is 12.3. The molecule has 0 fully saturated rings. The van der Waals surface area contributed by atoms with Crippen molar-refractivity contribution >= 4 is 17.9 Å². The zero-order valence-electron chi connectivity index (χ0n) is 10.9. The molecule has 0 N–H and O–H groups in total. The van der Waals surface area contributed by atoms with Crippen molar-refractivity contribution in [3.05, 3.63) is 53.6 Å². The first-order valence-electron chi connectivity index (χ1n) is 5.88. The molecule has 0 bridgehead atoms. The highest BCUT2D eigenvalue weighted by molar-refractivity contribution is 5.93. The van der Waals surface area contributed by atoms with Crippen molar-refractivity contribution < 1.29 is 9.36 Å². The molecule has 0 spiro atoms. The normalized spacial score (nSPS) is 11.1. The minimum Gasteiger partial charge on any atom is -0.342 e. The zero-order chi connectivity index (χ0) is 13.1. The van der Waals surface area contributed by atoms with Gasteiger partial charge < -0.3 is 4.57 Å². The number of ketones is 1. The van der Waals surface area contributed by atoms with Gasteiger partial charge >= 0.3 is 0 Å². The lowest BCUT2D eigenvalue weighted by Gasteiger charge is -2.01. The molecule has 2 rings (SSSR count). The van der Waals surface area contributed by atoms with Crippen molar-refractivity contribution in [2.24, 2.45) is 14.1 Å². The third-order valence-electron chi connectivity index (χ3n) is 2.97. The summed E-state index contributed by atoms with van der Waals surface area (Å²) >= 11 is 0. The molecule has 2 heterocycles. The first-order chi connectivity index (χ1) is 8.58. The number of hydrogen-bond acceptors (Lipinski definition) is 1. The van der Waals surface area contributed by atoms with E-state index in [4.69, 9.17) is 0 Å². The molecule has 0 amide bonds. The lowest BCUT2D eigenvalue weighted by atomic mass is 10.2. The number of aromatic nitrogens is 2. The highest BCUT2D eigenvalue weighted by Crippen LogP contribution is 2.11. The number of rotatable bonds is 3. The van der Waals surface area contributed by atoms with E-state index >= 15 is 0 Å². The maximum absolute atomic E-state index is 11.3. The van der Waals surface area contributed by atoms with Crippen LogP contribution in [0.25, 0.3) is 12.2 Å². The minimum atomic E-state index is 0.0869. The van der Waals surface area contributed by atoms with Crippen LogP contribution < -0.4 is 4.57 Å². The van der Waals surface area contributed by atoms with Crippen LogP contribution in [-0.4, -0.2) is 10.4 Å². The van der Waals surface area contributed by atoms with Crippen molar-refractivity contribution in [1.82, 2.24) is 4.57 Å². The molecule has 18 heavy (non-hydrogen) atoms. The molecule has 2 aromatic heterocycles. The van der Waals surface area contributed by atoms with Crippen LogP contribution >= 0.6 is 0 Å². The van der Waals surface area contributed by atoms with Gasteiger partial charge in [0.1, 0.15) is 7.05 Å². The summed E-state index contributed by atoms with van der Waals surface area (Å²) in [5, 5.41) is 0. The van der Waals surface area contributed by atoms with Gasteiger partial charge in [-0.15, -0.1) is 0 Å². The molecule has 2 aromatic rings. The highest BCUT2D eigenvalue weighted by Gasteiger charge is 2.05. The van der Waals surface area contributed by atoms with E-state index in [1.807, 2.05) is 72.0 Å². The fourth-order valence-electron chi connectivity index (χ4n) is 1.85. The van der Waals surface area contributed by atoms with E-state index in [0.717, 1.165) is 17.0 Å². The molecule has 0 unspecified atom stereocenters.